The summed E-state index contributed by atoms with van der Waals surface area (Å²) in [5, 5.41) is 1.94. The zero-order valence-electron chi connectivity index (χ0n) is 10.6. The van der Waals surface area contributed by atoms with E-state index in [0.717, 1.165) is 10.8 Å². The first-order valence-corrected chi connectivity index (χ1v) is 6.68. The van der Waals surface area contributed by atoms with Crippen molar-refractivity contribution in [2.75, 3.05) is 0 Å². The van der Waals surface area contributed by atoms with E-state index in [9.17, 15) is 4.79 Å². The van der Waals surface area contributed by atoms with E-state index in [-0.39, 0.29) is 5.12 Å². The molecule has 3 heteroatoms. The van der Waals surface area contributed by atoms with Gasteiger partial charge in [0.1, 0.15) is 11.5 Å². The molecule has 0 radical (unpaired) electrons. The smallest absolute Gasteiger partial charge is 0.220 e. The Kier molecular flexibility index (Phi) is 3.44. The predicted octanol–water partition coefficient (Wildman–Crippen LogP) is 4.70. The highest BCUT2D eigenvalue weighted by Gasteiger charge is 2.09. The number of benzene rings is 3. The Morgan fingerprint density at radius 1 is 0.850 bits per heavy atom. The number of fused-ring (bicyclic) bond motifs is 1. The molecule has 20 heavy (non-hydrogen) atoms. The average molecular weight is 280 g/mol. The summed E-state index contributed by atoms with van der Waals surface area (Å²) in [5.41, 5.74) is 0.462. The van der Waals surface area contributed by atoms with Crippen molar-refractivity contribution in [3.05, 3.63) is 72.3 Å². The summed E-state index contributed by atoms with van der Waals surface area (Å²) in [4.78, 5) is 11.5. The van der Waals surface area contributed by atoms with Crippen molar-refractivity contribution in [2.24, 2.45) is 0 Å². The number of hydrogen-bond donors (Lipinski definition) is 1. The van der Waals surface area contributed by atoms with Crippen molar-refractivity contribution in [1.29, 1.82) is 0 Å². The number of carbonyl (C=O) groups is 1. The molecule has 0 spiro atoms. The lowest BCUT2D eigenvalue weighted by molar-refractivity contribution is 0.108. The quantitative estimate of drug-likeness (QED) is 0.704. The minimum Gasteiger partial charge on any atom is -0.457 e. The highest BCUT2D eigenvalue weighted by Crippen LogP contribution is 2.28. The lowest BCUT2D eigenvalue weighted by Crippen LogP contribution is -1.94. The molecule has 0 amide bonds. The second-order valence-electron chi connectivity index (χ2n) is 4.41. The van der Waals surface area contributed by atoms with Crippen LogP contribution in [0.1, 0.15) is 10.4 Å². The third kappa shape index (κ3) is 2.53. The van der Waals surface area contributed by atoms with Crippen LogP contribution in [0, 0.1) is 0 Å². The molecule has 0 saturated heterocycles. The molecule has 0 atom stereocenters. The van der Waals surface area contributed by atoms with Gasteiger partial charge in [0.2, 0.25) is 5.12 Å². The van der Waals surface area contributed by atoms with Gasteiger partial charge in [0, 0.05) is 0 Å². The van der Waals surface area contributed by atoms with Gasteiger partial charge in [0.15, 0.2) is 0 Å². The van der Waals surface area contributed by atoms with Crippen molar-refractivity contribution in [3.8, 4) is 11.5 Å². The number of ether oxygens (including phenoxy) is 1. The third-order valence-electron chi connectivity index (χ3n) is 3.07. The van der Waals surface area contributed by atoms with Gasteiger partial charge in [0.25, 0.3) is 0 Å². The number of thiol groups is 1. The van der Waals surface area contributed by atoms with Gasteiger partial charge in [-0.3, -0.25) is 4.79 Å². The lowest BCUT2D eigenvalue weighted by Gasteiger charge is -2.09. The predicted molar refractivity (Wildman–Crippen MR) is 83.8 cm³/mol. The van der Waals surface area contributed by atoms with Crippen LogP contribution < -0.4 is 4.74 Å². The summed E-state index contributed by atoms with van der Waals surface area (Å²) in [6.45, 7) is 0. The van der Waals surface area contributed by atoms with Crippen LogP contribution in [0.5, 0.6) is 11.5 Å². The molecule has 98 valence electrons. The fourth-order valence-corrected chi connectivity index (χ4v) is 2.27. The van der Waals surface area contributed by atoms with Gasteiger partial charge in [-0.1, -0.05) is 42.5 Å². The van der Waals surface area contributed by atoms with Crippen molar-refractivity contribution >= 4 is 28.5 Å². The molecule has 0 aliphatic carbocycles. The standard InChI is InChI=1S/C17H12O2S/c18-17(20)15-7-3-4-8-16(15)19-14-10-9-12-5-1-2-6-13(12)11-14/h1-11H,(H,18,20). The van der Waals surface area contributed by atoms with Crippen molar-refractivity contribution in [1.82, 2.24) is 0 Å². The van der Waals surface area contributed by atoms with Crippen LogP contribution in [0.4, 0.5) is 0 Å². The van der Waals surface area contributed by atoms with E-state index in [2.05, 4.69) is 12.6 Å². The Labute approximate surface area is 122 Å². The Morgan fingerprint density at radius 2 is 1.55 bits per heavy atom. The fourth-order valence-electron chi connectivity index (χ4n) is 2.09. The molecule has 0 aliphatic rings. The Balaban J connectivity index is 1.99. The first kappa shape index (κ1) is 12.8. The zero-order chi connectivity index (χ0) is 13.9. The Morgan fingerprint density at radius 3 is 2.35 bits per heavy atom. The molecule has 0 bridgehead atoms. The van der Waals surface area contributed by atoms with Gasteiger partial charge in [0.05, 0.1) is 5.56 Å². The molecule has 2 nitrogen and oxygen atoms in total. The van der Waals surface area contributed by atoms with Gasteiger partial charge in [-0.05, 0) is 35.0 Å². The van der Waals surface area contributed by atoms with E-state index < -0.39 is 0 Å². The highest BCUT2D eigenvalue weighted by atomic mass is 32.1. The molecular weight excluding hydrogens is 268 g/mol. The van der Waals surface area contributed by atoms with E-state index in [4.69, 9.17) is 4.74 Å². The van der Waals surface area contributed by atoms with Crippen LogP contribution in [-0.4, -0.2) is 5.12 Å². The van der Waals surface area contributed by atoms with E-state index >= 15 is 0 Å². The molecule has 0 heterocycles. The number of rotatable bonds is 3. The molecular formula is C17H12O2S. The minimum absolute atomic E-state index is 0.304. The third-order valence-corrected chi connectivity index (χ3v) is 3.31. The summed E-state index contributed by atoms with van der Waals surface area (Å²) in [6, 6.07) is 21.0. The van der Waals surface area contributed by atoms with Crippen molar-refractivity contribution < 1.29 is 9.53 Å². The number of carbonyl (C=O) groups excluding carboxylic acids is 1. The fraction of sp³-hybridized carbons (Fsp3) is 0. The summed E-state index contributed by atoms with van der Waals surface area (Å²) < 4.78 is 5.81. The van der Waals surface area contributed by atoms with Crippen molar-refractivity contribution in [3.63, 3.8) is 0 Å². The van der Waals surface area contributed by atoms with Crippen LogP contribution in [-0.2, 0) is 0 Å². The molecule has 0 unspecified atom stereocenters. The maximum absolute atomic E-state index is 11.5. The second-order valence-corrected chi connectivity index (χ2v) is 4.82. The highest BCUT2D eigenvalue weighted by molar-refractivity contribution is 7.97. The summed E-state index contributed by atoms with van der Waals surface area (Å²) in [5.74, 6) is 1.22. The van der Waals surface area contributed by atoms with Crippen LogP contribution >= 0.6 is 12.6 Å². The largest absolute Gasteiger partial charge is 0.457 e. The lowest BCUT2D eigenvalue weighted by atomic mass is 10.1. The monoisotopic (exact) mass is 280 g/mol. The van der Waals surface area contributed by atoms with Gasteiger partial charge >= 0.3 is 0 Å². The molecule has 3 aromatic carbocycles. The minimum atomic E-state index is -0.304. The summed E-state index contributed by atoms with van der Waals surface area (Å²) in [6.07, 6.45) is 0. The van der Waals surface area contributed by atoms with Gasteiger partial charge < -0.3 is 4.74 Å². The van der Waals surface area contributed by atoms with Crippen LogP contribution in [0.25, 0.3) is 10.8 Å². The topological polar surface area (TPSA) is 26.3 Å². The average Bonchev–Trinajstić information content (AvgIpc) is 2.47. The molecule has 3 rings (SSSR count). The second kappa shape index (κ2) is 5.39. The van der Waals surface area contributed by atoms with Crippen LogP contribution in [0.15, 0.2) is 66.7 Å². The normalized spacial score (nSPS) is 10.4. The Bertz CT molecular complexity index is 781. The first-order valence-electron chi connectivity index (χ1n) is 6.23. The maximum atomic E-state index is 11.5. The van der Waals surface area contributed by atoms with E-state index in [1.807, 2.05) is 48.5 Å². The van der Waals surface area contributed by atoms with E-state index in [1.54, 1.807) is 18.2 Å². The van der Waals surface area contributed by atoms with Gasteiger partial charge in [-0.25, -0.2) is 0 Å². The molecule has 0 N–H and O–H groups in total. The zero-order valence-corrected chi connectivity index (χ0v) is 11.5. The maximum Gasteiger partial charge on any atom is 0.220 e. The molecule has 0 aliphatic heterocycles. The Hall–Kier alpha value is -2.26. The molecule has 0 aromatic heterocycles. The summed E-state index contributed by atoms with van der Waals surface area (Å²) in [7, 11) is 0. The number of para-hydroxylation sites is 1. The van der Waals surface area contributed by atoms with Crippen molar-refractivity contribution in [2.45, 2.75) is 0 Å². The molecule has 0 saturated carbocycles. The van der Waals surface area contributed by atoms with Gasteiger partial charge in [-0.15, -0.1) is 12.6 Å². The van der Waals surface area contributed by atoms with E-state index in [0.29, 0.717) is 17.1 Å². The SMILES string of the molecule is O=C(S)c1ccccc1Oc1ccc2ccccc2c1. The number of hydrogen-bond acceptors (Lipinski definition) is 2. The molecule has 3 aromatic rings. The van der Waals surface area contributed by atoms with Gasteiger partial charge in [-0.2, -0.15) is 0 Å². The van der Waals surface area contributed by atoms with Crippen LogP contribution in [0.3, 0.4) is 0 Å². The first-order chi connectivity index (χ1) is 9.74. The summed E-state index contributed by atoms with van der Waals surface area (Å²) >= 11 is 3.86. The van der Waals surface area contributed by atoms with E-state index in [1.165, 1.54) is 0 Å². The van der Waals surface area contributed by atoms with Crippen LogP contribution in [0.2, 0.25) is 0 Å². The molecule has 0 fully saturated rings.